The Morgan fingerprint density at radius 1 is 1.00 bits per heavy atom. The molecule has 0 aromatic heterocycles. The van der Waals surface area contributed by atoms with Crippen molar-refractivity contribution in [2.24, 2.45) is 0 Å². The highest BCUT2D eigenvalue weighted by Crippen LogP contribution is 2.33. The van der Waals surface area contributed by atoms with Crippen LogP contribution in [-0.4, -0.2) is 42.3 Å². The van der Waals surface area contributed by atoms with E-state index in [1.807, 2.05) is 23.1 Å². The van der Waals surface area contributed by atoms with Crippen molar-refractivity contribution >= 4 is 11.8 Å². The highest BCUT2D eigenvalue weighted by molar-refractivity contribution is 5.99. The molecule has 2 amide bonds. The molecular formula is C20H22N2O2. The third kappa shape index (κ3) is 3.18. The number of hydrogen-bond acceptors (Lipinski definition) is 2. The second-order valence-electron chi connectivity index (χ2n) is 6.35. The topological polar surface area (TPSA) is 40.6 Å². The van der Waals surface area contributed by atoms with Gasteiger partial charge in [-0.2, -0.15) is 0 Å². The minimum atomic E-state index is -0.0920. The molecule has 4 heteroatoms. The van der Waals surface area contributed by atoms with Crippen molar-refractivity contribution in [3.05, 3.63) is 71.3 Å². The van der Waals surface area contributed by atoms with Crippen LogP contribution in [0.5, 0.6) is 0 Å². The number of carbonyl (C=O) groups excluding carboxylic acids is 2. The molecule has 3 rings (SSSR count). The molecule has 2 aromatic carbocycles. The summed E-state index contributed by atoms with van der Waals surface area (Å²) in [6.07, 6.45) is 1.98. The van der Waals surface area contributed by atoms with Crippen molar-refractivity contribution in [2.45, 2.75) is 18.9 Å². The molecule has 1 aliphatic heterocycles. The fraction of sp³-hybridized carbons (Fsp3) is 0.300. The molecular weight excluding hydrogens is 300 g/mol. The second kappa shape index (κ2) is 6.87. The molecule has 0 N–H and O–H groups in total. The molecule has 4 nitrogen and oxygen atoms in total. The highest BCUT2D eigenvalue weighted by Gasteiger charge is 2.30. The minimum Gasteiger partial charge on any atom is -0.345 e. The lowest BCUT2D eigenvalue weighted by Gasteiger charge is -2.25. The highest BCUT2D eigenvalue weighted by atomic mass is 16.2. The molecule has 0 radical (unpaired) electrons. The molecule has 2 aromatic rings. The average molecular weight is 322 g/mol. The third-order valence-corrected chi connectivity index (χ3v) is 4.46. The van der Waals surface area contributed by atoms with Crippen LogP contribution >= 0.6 is 0 Å². The standard InChI is InChI=1S/C20H22N2O2/c1-21(2)19(23)16-10-6-11-17(14-16)20(24)22-13-7-12-18(22)15-8-4-3-5-9-15/h3-6,8-11,14,18H,7,12-13H2,1-2H3. The SMILES string of the molecule is CN(C)C(=O)c1cccc(C(=O)N2CCCC2c2ccccc2)c1. The van der Waals surface area contributed by atoms with E-state index in [4.69, 9.17) is 0 Å². The van der Waals surface area contributed by atoms with E-state index in [1.54, 1.807) is 38.4 Å². The summed E-state index contributed by atoms with van der Waals surface area (Å²) in [6, 6.07) is 17.3. The maximum Gasteiger partial charge on any atom is 0.254 e. The van der Waals surface area contributed by atoms with Gasteiger partial charge >= 0.3 is 0 Å². The average Bonchev–Trinajstić information content (AvgIpc) is 3.11. The van der Waals surface area contributed by atoms with Crippen LogP contribution in [0.4, 0.5) is 0 Å². The van der Waals surface area contributed by atoms with E-state index < -0.39 is 0 Å². The number of rotatable bonds is 3. The van der Waals surface area contributed by atoms with Crippen LogP contribution in [0.3, 0.4) is 0 Å². The molecule has 24 heavy (non-hydrogen) atoms. The second-order valence-corrected chi connectivity index (χ2v) is 6.35. The lowest BCUT2D eigenvalue weighted by Crippen LogP contribution is -2.31. The molecule has 0 aliphatic carbocycles. The molecule has 1 fully saturated rings. The van der Waals surface area contributed by atoms with Gasteiger partial charge in [-0.1, -0.05) is 36.4 Å². The van der Waals surface area contributed by atoms with Crippen molar-refractivity contribution in [1.29, 1.82) is 0 Å². The fourth-order valence-electron chi connectivity index (χ4n) is 3.24. The molecule has 1 unspecified atom stereocenters. The Morgan fingerprint density at radius 3 is 2.42 bits per heavy atom. The molecule has 0 spiro atoms. The lowest BCUT2D eigenvalue weighted by atomic mass is 10.0. The summed E-state index contributed by atoms with van der Waals surface area (Å²) in [5.74, 6) is -0.0968. The first-order valence-electron chi connectivity index (χ1n) is 8.25. The van der Waals surface area contributed by atoms with E-state index in [1.165, 1.54) is 10.5 Å². The molecule has 1 saturated heterocycles. The van der Waals surface area contributed by atoms with Gasteiger partial charge in [-0.3, -0.25) is 9.59 Å². The van der Waals surface area contributed by atoms with Crippen LogP contribution in [0.15, 0.2) is 54.6 Å². The summed E-state index contributed by atoms with van der Waals surface area (Å²) in [5.41, 5.74) is 2.29. The van der Waals surface area contributed by atoms with Crippen molar-refractivity contribution in [3.63, 3.8) is 0 Å². The van der Waals surface area contributed by atoms with E-state index >= 15 is 0 Å². The van der Waals surface area contributed by atoms with E-state index in [2.05, 4.69) is 12.1 Å². The summed E-state index contributed by atoms with van der Waals surface area (Å²) in [7, 11) is 3.42. The van der Waals surface area contributed by atoms with Gasteiger partial charge in [-0.15, -0.1) is 0 Å². The van der Waals surface area contributed by atoms with Gasteiger partial charge in [-0.25, -0.2) is 0 Å². The van der Waals surface area contributed by atoms with Crippen LogP contribution < -0.4 is 0 Å². The predicted octanol–water partition coefficient (Wildman–Crippen LogP) is 3.37. The van der Waals surface area contributed by atoms with E-state index in [0.717, 1.165) is 19.4 Å². The number of amides is 2. The monoisotopic (exact) mass is 322 g/mol. The summed E-state index contributed by atoms with van der Waals surface area (Å²) in [4.78, 5) is 28.5. The van der Waals surface area contributed by atoms with E-state index in [0.29, 0.717) is 11.1 Å². The van der Waals surface area contributed by atoms with Crippen LogP contribution in [0.1, 0.15) is 45.2 Å². The number of carbonyl (C=O) groups is 2. The summed E-state index contributed by atoms with van der Waals surface area (Å²) in [5, 5.41) is 0. The normalized spacial score (nSPS) is 16.9. The van der Waals surface area contributed by atoms with Gasteiger partial charge in [0.05, 0.1) is 6.04 Å². The minimum absolute atomic E-state index is 0.00485. The zero-order valence-corrected chi connectivity index (χ0v) is 14.1. The smallest absolute Gasteiger partial charge is 0.254 e. The molecule has 1 aliphatic rings. The van der Waals surface area contributed by atoms with E-state index in [9.17, 15) is 9.59 Å². The Kier molecular flexibility index (Phi) is 4.65. The van der Waals surface area contributed by atoms with Crippen molar-refractivity contribution in [2.75, 3.05) is 20.6 Å². The number of likely N-dealkylation sites (tertiary alicyclic amines) is 1. The lowest BCUT2D eigenvalue weighted by molar-refractivity contribution is 0.0735. The van der Waals surface area contributed by atoms with Gasteiger partial charge in [0.25, 0.3) is 11.8 Å². The number of hydrogen-bond donors (Lipinski definition) is 0. The van der Waals surface area contributed by atoms with Gasteiger partial charge in [-0.05, 0) is 36.6 Å². The zero-order valence-electron chi connectivity index (χ0n) is 14.1. The number of nitrogens with zero attached hydrogens (tertiary/aromatic N) is 2. The third-order valence-electron chi connectivity index (χ3n) is 4.46. The maximum absolute atomic E-state index is 13.0. The van der Waals surface area contributed by atoms with Gasteiger partial charge in [0.2, 0.25) is 0 Å². The van der Waals surface area contributed by atoms with Gasteiger partial charge < -0.3 is 9.80 Å². The van der Waals surface area contributed by atoms with Gasteiger partial charge in [0.1, 0.15) is 0 Å². The van der Waals surface area contributed by atoms with Crippen LogP contribution in [0.2, 0.25) is 0 Å². The maximum atomic E-state index is 13.0. The Balaban J connectivity index is 1.86. The van der Waals surface area contributed by atoms with Crippen LogP contribution in [0, 0.1) is 0 Å². The van der Waals surface area contributed by atoms with Gasteiger partial charge in [0.15, 0.2) is 0 Å². The van der Waals surface area contributed by atoms with Crippen LogP contribution in [-0.2, 0) is 0 Å². The first-order valence-corrected chi connectivity index (χ1v) is 8.25. The van der Waals surface area contributed by atoms with Gasteiger partial charge in [0, 0.05) is 31.8 Å². The number of benzene rings is 2. The fourth-order valence-corrected chi connectivity index (χ4v) is 3.24. The molecule has 1 atom stereocenters. The Hall–Kier alpha value is -2.62. The first kappa shape index (κ1) is 16.2. The zero-order chi connectivity index (χ0) is 17.1. The summed E-state index contributed by atoms with van der Waals surface area (Å²) in [6.45, 7) is 0.754. The Morgan fingerprint density at radius 2 is 1.71 bits per heavy atom. The molecule has 0 bridgehead atoms. The quantitative estimate of drug-likeness (QED) is 0.869. The molecule has 0 saturated carbocycles. The molecule has 1 heterocycles. The Bertz CT molecular complexity index is 740. The summed E-state index contributed by atoms with van der Waals surface area (Å²) < 4.78 is 0. The summed E-state index contributed by atoms with van der Waals surface area (Å²) >= 11 is 0. The first-order chi connectivity index (χ1) is 11.6. The van der Waals surface area contributed by atoms with Crippen molar-refractivity contribution < 1.29 is 9.59 Å². The Labute approximate surface area is 142 Å². The van der Waals surface area contributed by atoms with Crippen molar-refractivity contribution in [1.82, 2.24) is 9.80 Å². The predicted molar refractivity (Wildman–Crippen MR) is 93.9 cm³/mol. The molecule has 124 valence electrons. The van der Waals surface area contributed by atoms with E-state index in [-0.39, 0.29) is 17.9 Å². The van der Waals surface area contributed by atoms with Crippen LogP contribution in [0.25, 0.3) is 0 Å². The van der Waals surface area contributed by atoms with Crippen molar-refractivity contribution in [3.8, 4) is 0 Å². The largest absolute Gasteiger partial charge is 0.345 e.